The van der Waals surface area contributed by atoms with E-state index in [1.807, 2.05) is 0 Å². The van der Waals surface area contributed by atoms with Gasteiger partial charge in [0.2, 0.25) is 5.91 Å². The Morgan fingerprint density at radius 3 is 2.53 bits per heavy atom. The van der Waals surface area contributed by atoms with Crippen molar-refractivity contribution in [3.8, 4) is 5.75 Å². The van der Waals surface area contributed by atoms with E-state index in [0.717, 1.165) is 18.2 Å². The van der Waals surface area contributed by atoms with Gasteiger partial charge in [0.1, 0.15) is 11.6 Å². The standard InChI is InChI=1S/C20H20ClF4N3O4/c21-16-4-3-15(8-17(16)22)32-11-19(31)26-6-5-14(29)7-18(30)28-10-13-2-1-12(9-27-13)20(23,24)25/h1-4,8-9,14,29H,5-7,10-11H2,(H,26,31)(H,28,30)/t14-/m0/s1. The van der Waals surface area contributed by atoms with Crippen LogP contribution >= 0.6 is 11.6 Å². The van der Waals surface area contributed by atoms with E-state index >= 15 is 0 Å². The lowest BCUT2D eigenvalue weighted by Gasteiger charge is -2.12. The van der Waals surface area contributed by atoms with Crippen LogP contribution in [-0.2, 0) is 22.3 Å². The van der Waals surface area contributed by atoms with Gasteiger partial charge in [0, 0.05) is 18.8 Å². The van der Waals surface area contributed by atoms with E-state index < -0.39 is 35.5 Å². The predicted octanol–water partition coefficient (Wildman–Crippen LogP) is 2.85. The van der Waals surface area contributed by atoms with Crippen LogP contribution in [-0.4, -0.2) is 41.2 Å². The predicted molar refractivity (Wildman–Crippen MR) is 106 cm³/mol. The molecule has 0 saturated heterocycles. The molecular formula is C20H20ClF4N3O4. The number of nitrogens with zero attached hydrogens (tertiary/aromatic N) is 1. The molecule has 32 heavy (non-hydrogen) atoms. The number of halogens is 5. The van der Waals surface area contributed by atoms with Crippen molar-refractivity contribution in [3.63, 3.8) is 0 Å². The first-order chi connectivity index (χ1) is 15.0. The monoisotopic (exact) mass is 477 g/mol. The van der Waals surface area contributed by atoms with Crippen molar-refractivity contribution in [1.29, 1.82) is 0 Å². The fraction of sp³-hybridized carbons (Fsp3) is 0.350. The quantitative estimate of drug-likeness (QED) is 0.457. The first-order valence-corrected chi connectivity index (χ1v) is 9.74. The van der Waals surface area contributed by atoms with E-state index in [4.69, 9.17) is 16.3 Å². The molecule has 2 amide bonds. The van der Waals surface area contributed by atoms with Gasteiger partial charge in [-0.15, -0.1) is 0 Å². The van der Waals surface area contributed by atoms with Gasteiger partial charge >= 0.3 is 6.18 Å². The lowest BCUT2D eigenvalue weighted by molar-refractivity contribution is -0.138. The minimum absolute atomic E-state index is 0.0616. The van der Waals surface area contributed by atoms with Crippen molar-refractivity contribution in [2.24, 2.45) is 0 Å². The van der Waals surface area contributed by atoms with Crippen LogP contribution in [0.4, 0.5) is 17.6 Å². The number of benzene rings is 1. The number of aliphatic hydroxyl groups excluding tert-OH is 1. The summed E-state index contributed by atoms with van der Waals surface area (Å²) in [6.07, 6.45) is -5.06. The van der Waals surface area contributed by atoms with Crippen molar-refractivity contribution in [2.75, 3.05) is 13.2 Å². The van der Waals surface area contributed by atoms with E-state index in [9.17, 15) is 32.3 Å². The average molecular weight is 478 g/mol. The SMILES string of the molecule is O=C(COc1ccc(Cl)c(F)c1)NCC[C@H](O)CC(=O)NCc1ccc(C(F)(F)F)cn1. The lowest BCUT2D eigenvalue weighted by atomic mass is 10.1. The first kappa shape index (κ1) is 25.3. The number of aromatic nitrogens is 1. The largest absolute Gasteiger partial charge is 0.484 e. The molecule has 0 radical (unpaired) electrons. The third-order valence-corrected chi connectivity index (χ3v) is 4.41. The molecular weight excluding hydrogens is 458 g/mol. The van der Waals surface area contributed by atoms with Crippen LogP contribution in [0.1, 0.15) is 24.1 Å². The molecule has 174 valence electrons. The Morgan fingerprint density at radius 1 is 1.16 bits per heavy atom. The molecule has 2 aromatic rings. The molecule has 0 fully saturated rings. The van der Waals surface area contributed by atoms with Crippen molar-refractivity contribution in [2.45, 2.75) is 31.7 Å². The van der Waals surface area contributed by atoms with Gasteiger partial charge in [-0.05, 0) is 30.7 Å². The Hall–Kier alpha value is -2.92. The maximum Gasteiger partial charge on any atom is 0.417 e. The minimum Gasteiger partial charge on any atom is -0.484 e. The van der Waals surface area contributed by atoms with E-state index in [1.54, 1.807) is 0 Å². The van der Waals surface area contributed by atoms with E-state index in [1.165, 1.54) is 12.1 Å². The molecule has 0 spiro atoms. The second-order valence-electron chi connectivity index (χ2n) is 6.67. The second-order valence-corrected chi connectivity index (χ2v) is 7.08. The number of aliphatic hydroxyl groups is 1. The summed E-state index contributed by atoms with van der Waals surface area (Å²) in [5.74, 6) is -1.59. The van der Waals surface area contributed by atoms with E-state index in [-0.39, 0.29) is 49.0 Å². The number of rotatable bonds is 10. The molecule has 0 aliphatic carbocycles. The van der Waals surface area contributed by atoms with Crippen molar-refractivity contribution < 1.29 is 37.0 Å². The van der Waals surface area contributed by atoms with Crippen molar-refractivity contribution >= 4 is 23.4 Å². The summed E-state index contributed by atoms with van der Waals surface area (Å²) in [6, 6.07) is 5.74. The number of amides is 2. The van der Waals surface area contributed by atoms with Crippen LogP contribution in [0.2, 0.25) is 5.02 Å². The van der Waals surface area contributed by atoms with Crippen LogP contribution in [0.15, 0.2) is 36.5 Å². The van der Waals surface area contributed by atoms with Gasteiger partial charge in [0.25, 0.3) is 5.91 Å². The van der Waals surface area contributed by atoms with Crippen LogP contribution in [0, 0.1) is 5.82 Å². The Bertz CT molecular complexity index is 926. The molecule has 0 bridgehead atoms. The van der Waals surface area contributed by atoms with Crippen molar-refractivity contribution in [1.82, 2.24) is 15.6 Å². The number of hydrogen-bond acceptors (Lipinski definition) is 5. The summed E-state index contributed by atoms with van der Waals surface area (Å²) in [4.78, 5) is 27.2. The third kappa shape index (κ3) is 8.67. The third-order valence-electron chi connectivity index (χ3n) is 4.10. The summed E-state index contributed by atoms with van der Waals surface area (Å²) >= 11 is 5.55. The number of carbonyl (C=O) groups is 2. The summed E-state index contributed by atoms with van der Waals surface area (Å²) in [5, 5.41) is 14.7. The number of pyridine rings is 1. The minimum atomic E-state index is -4.49. The van der Waals surface area contributed by atoms with Gasteiger partial charge in [-0.1, -0.05) is 11.6 Å². The maximum atomic E-state index is 13.3. The van der Waals surface area contributed by atoms with Crippen LogP contribution < -0.4 is 15.4 Å². The van der Waals surface area contributed by atoms with Crippen LogP contribution in [0.25, 0.3) is 0 Å². The fourth-order valence-electron chi connectivity index (χ4n) is 2.42. The molecule has 1 aromatic carbocycles. The Morgan fingerprint density at radius 2 is 1.91 bits per heavy atom. The maximum absolute atomic E-state index is 13.3. The molecule has 0 unspecified atom stereocenters. The molecule has 1 heterocycles. The number of hydrogen-bond donors (Lipinski definition) is 3. The van der Waals surface area contributed by atoms with Crippen LogP contribution in [0.3, 0.4) is 0 Å². The Labute approximate surface area is 185 Å². The zero-order valence-corrected chi connectivity index (χ0v) is 17.3. The number of carbonyl (C=O) groups excluding carboxylic acids is 2. The molecule has 7 nitrogen and oxygen atoms in total. The van der Waals surface area contributed by atoms with Gasteiger partial charge in [-0.2, -0.15) is 13.2 Å². The molecule has 0 aliphatic rings. The average Bonchev–Trinajstić information content (AvgIpc) is 2.72. The zero-order chi connectivity index (χ0) is 23.7. The molecule has 1 aromatic heterocycles. The van der Waals surface area contributed by atoms with E-state index in [0.29, 0.717) is 6.20 Å². The highest BCUT2D eigenvalue weighted by Gasteiger charge is 2.30. The number of alkyl halides is 3. The summed E-state index contributed by atoms with van der Waals surface area (Å²) in [7, 11) is 0. The molecule has 0 saturated carbocycles. The van der Waals surface area contributed by atoms with Gasteiger partial charge in [-0.3, -0.25) is 14.6 Å². The summed E-state index contributed by atoms with van der Waals surface area (Å²) in [6.45, 7) is -0.410. The Balaban J connectivity index is 1.62. The fourth-order valence-corrected chi connectivity index (χ4v) is 2.54. The normalized spacial score (nSPS) is 12.2. The van der Waals surface area contributed by atoms with Gasteiger partial charge in [0.05, 0.1) is 35.3 Å². The Kier molecular flexibility index (Phi) is 9.21. The van der Waals surface area contributed by atoms with E-state index in [2.05, 4.69) is 15.6 Å². The van der Waals surface area contributed by atoms with Gasteiger partial charge in [0.15, 0.2) is 6.61 Å². The topological polar surface area (TPSA) is 101 Å². The highest BCUT2D eigenvalue weighted by Crippen LogP contribution is 2.28. The smallest absolute Gasteiger partial charge is 0.417 e. The first-order valence-electron chi connectivity index (χ1n) is 9.36. The summed E-state index contributed by atoms with van der Waals surface area (Å²) < 4.78 is 55.9. The number of nitrogens with one attached hydrogen (secondary N) is 2. The van der Waals surface area contributed by atoms with Crippen molar-refractivity contribution in [3.05, 3.63) is 58.6 Å². The van der Waals surface area contributed by atoms with Crippen LogP contribution in [0.5, 0.6) is 5.75 Å². The highest BCUT2D eigenvalue weighted by atomic mass is 35.5. The molecule has 0 aliphatic heterocycles. The zero-order valence-electron chi connectivity index (χ0n) is 16.6. The highest BCUT2D eigenvalue weighted by molar-refractivity contribution is 6.30. The van der Waals surface area contributed by atoms with Gasteiger partial charge < -0.3 is 20.5 Å². The second kappa shape index (κ2) is 11.6. The molecule has 1 atom stereocenters. The van der Waals surface area contributed by atoms with Gasteiger partial charge in [-0.25, -0.2) is 4.39 Å². The number of ether oxygens (including phenoxy) is 1. The molecule has 12 heteroatoms. The molecule has 3 N–H and O–H groups in total. The molecule has 2 rings (SSSR count). The lowest BCUT2D eigenvalue weighted by Crippen LogP contribution is -2.33. The summed E-state index contributed by atoms with van der Waals surface area (Å²) in [5.41, 5.74) is -0.663.